The summed E-state index contributed by atoms with van der Waals surface area (Å²) in [5.41, 5.74) is 4.89. The highest BCUT2D eigenvalue weighted by atomic mass is 32.2. The lowest BCUT2D eigenvalue weighted by Gasteiger charge is -2.11. The Bertz CT molecular complexity index is 1200. The smallest absolute Gasteiger partial charge is 0.234 e. The minimum atomic E-state index is -0.0888. The van der Waals surface area contributed by atoms with Gasteiger partial charge in [0.25, 0.3) is 0 Å². The van der Waals surface area contributed by atoms with Crippen LogP contribution in [0.3, 0.4) is 0 Å². The summed E-state index contributed by atoms with van der Waals surface area (Å²) in [6.07, 6.45) is 2.82. The number of aryl methyl sites for hydroxylation is 1. The summed E-state index contributed by atoms with van der Waals surface area (Å²) in [6, 6.07) is 21.9. The number of hydrogen-bond acceptors (Lipinski definition) is 5. The van der Waals surface area contributed by atoms with Crippen LogP contribution in [-0.2, 0) is 4.79 Å². The fraction of sp³-hybridized carbons (Fsp3) is 0.231. The Balaban J connectivity index is 1.51. The van der Waals surface area contributed by atoms with Gasteiger partial charge in [-0.2, -0.15) is 0 Å². The van der Waals surface area contributed by atoms with Crippen LogP contribution in [0.4, 0.5) is 5.69 Å². The van der Waals surface area contributed by atoms with E-state index in [1.165, 1.54) is 22.9 Å². The zero-order chi connectivity index (χ0) is 23.2. The molecule has 0 aliphatic heterocycles. The van der Waals surface area contributed by atoms with E-state index >= 15 is 0 Å². The Morgan fingerprint density at radius 3 is 2.45 bits per heavy atom. The summed E-state index contributed by atoms with van der Waals surface area (Å²) in [5, 5.41) is 12.4. The molecule has 2 aromatic carbocycles. The van der Waals surface area contributed by atoms with Gasteiger partial charge in [-0.25, -0.2) is 0 Å². The maximum Gasteiger partial charge on any atom is 0.234 e. The maximum absolute atomic E-state index is 12.6. The number of carbonyl (C=O) groups excluding carboxylic acids is 1. The van der Waals surface area contributed by atoms with E-state index in [2.05, 4.69) is 46.5 Å². The van der Waals surface area contributed by atoms with Crippen molar-refractivity contribution in [3.8, 4) is 17.2 Å². The van der Waals surface area contributed by atoms with E-state index in [4.69, 9.17) is 0 Å². The van der Waals surface area contributed by atoms with E-state index in [1.54, 1.807) is 6.20 Å². The standard InChI is InChI=1S/C26H27N5OS/c1-4-19(3)20-10-12-21(13-11-20)28-24(32)17-33-26-30-29-25(23-7-5-6-16-27-23)31(26)22-14-8-18(2)9-15-22/h5-16,19H,4,17H2,1-3H3,(H,28,32). The molecule has 2 heterocycles. The predicted octanol–water partition coefficient (Wildman–Crippen LogP) is 5.88. The van der Waals surface area contributed by atoms with Gasteiger partial charge in [-0.1, -0.05) is 61.5 Å². The van der Waals surface area contributed by atoms with Crippen LogP contribution in [0.25, 0.3) is 17.2 Å². The van der Waals surface area contributed by atoms with Crippen LogP contribution in [0.1, 0.15) is 37.3 Å². The van der Waals surface area contributed by atoms with E-state index in [0.29, 0.717) is 16.9 Å². The predicted molar refractivity (Wildman–Crippen MR) is 134 cm³/mol. The fourth-order valence-electron chi connectivity index (χ4n) is 3.41. The maximum atomic E-state index is 12.6. The monoisotopic (exact) mass is 457 g/mol. The average molecular weight is 458 g/mol. The second-order valence-electron chi connectivity index (χ2n) is 7.96. The lowest BCUT2D eigenvalue weighted by atomic mass is 9.99. The van der Waals surface area contributed by atoms with Gasteiger partial charge in [0.2, 0.25) is 5.91 Å². The first-order chi connectivity index (χ1) is 16.0. The van der Waals surface area contributed by atoms with Crippen molar-refractivity contribution >= 4 is 23.4 Å². The van der Waals surface area contributed by atoms with Gasteiger partial charge in [-0.05, 0) is 61.2 Å². The summed E-state index contributed by atoms with van der Waals surface area (Å²) in [6.45, 7) is 6.42. The van der Waals surface area contributed by atoms with Gasteiger partial charge in [0.15, 0.2) is 11.0 Å². The van der Waals surface area contributed by atoms with Crippen molar-refractivity contribution in [2.45, 2.75) is 38.3 Å². The highest BCUT2D eigenvalue weighted by Gasteiger charge is 2.18. The molecule has 33 heavy (non-hydrogen) atoms. The van der Waals surface area contributed by atoms with Crippen LogP contribution < -0.4 is 5.32 Å². The van der Waals surface area contributed by atoms with Crippen LogP contribution in [0.15, 0.2) is 78.1 Å². The first-order valence-corrected chi connectivity index (χ1v) is 12.0. The molecule has 0 saturated heterocycles. The average Bonchev–Trinajstić information content (AvgIpc) is 3.28. The van der Waals surface area contributed by atoms with Crippen molar-refractivity contribution in [3.63, 3.8) is 0 Å². The lowest BCUT2D eigenvalue weighted by molar-refractivity contribution is -0.113. The molecular weight excluding hydrogens is 430 g/mol. The molecule has 1 N–H and O–H groups in total. The van der Waals surface area contributed by atoms with Crippen LogP contribution >= 0.6 is 11.8 Å². The van der Waals surface area contributed by atoms with Gasteiger partial charge < -0.3 is 5.32 Å². The summed E-state index contributed by atoms with van der Waals surface area (Å²) in [4.78, 5) is 17.1. The number of hydrogen-bond donors (Lipinski definition) is 1. The van der Waals surface area contributed by atoms with Gasteiger partial charge >= 0.3 is 0 Å². The minimum Gasteiger partial charge on any atom is -0.325 e. The van der Waals surface area contributed by atoms with E-state index < -0.39 is 0 Å². The summed E-state index contributed by atoms with van der Waals surface area (Å²) >= 11 is 1.35. The Kier molecular flexibility index (Phi) is 7.19. The van der Waals surface area contributed by atoms with Crippen molar-refractivity contribution in [2.24, 2.45) is 0 Å². The Morgan fingerprint density at radius 1 is 1.03 bits per heavy atom. The molecule has 0 bridgehead atoms. The molecule has 0 spiro atoms. The third-order valence-electron chi connectivity index (χ3n) is 5.53. The topological polar surface area (TPSA) is 72.7 Å². The van der Waals surface area contributed by atoms with Gasteiger partial charge in [0, 0.05) is 17.6 Å². The normalized spacial score (nSPS) is 11.8. The van der Waals surface area contributed by atoms with Crippen molar-refractivity contribution in [1.29, 1.82) is 0 Å². The first kappa shape index (κ1) is 22.7. The molecule has 0 aliphatic rings. The molecule has 0 radical (unpaired) electrons. The zero-order valence-corrected chi connectivity index (χ0v) is 19.8. The quantitative estimate of drug-likeness (QED) is 0.334. The number of benzene rings is 2. The molecule has 168 valence electrons. The number of aromatic nitrogens is 4. The highest BCUT2D eigenvalue weighted by Crippen LogP contribution is 2.27. The molecule has 0 aliphatic carbocycles. The SMILES string of the molecule is CCC(C)c1ccc(NC(=O)CSc2nnc(-c3ccccn3)n2-c2ccc(C)cc2)cc1. The largest absolute Gasteiger partial charge is 0.325 e. The van der Waals surface area contributed by atoms with Crippen LogP contribution in [0.2, 0.25) is 0 Å². The Labute approximate surface area is 198 Å². The molecule has 2 aromatic heterocycles. The number of nitrogens with one attached hydrogen (secondary N) is 1. The van der Waals surface area contributed by atoms with Crippen molar-refractivity contribution in [3.05, 3.63) is 84.1 Å². The number of amides is 1. The molecule has 0 saturated carbocycles. The van der Waals surface area contributed by atoms with Gasteiger partial charge in [-0.3, -0.25) is 14.3 Å². The molecular formula is C26H27N5OS. The number of thioether (sulfide) groups is 1. The summed E-state index contributed by atoms with van der Waals surface area (Å²) < 4.78 is 1.95. The number of rotatable bonds is 8. The Hall–Kier alpha value is -3.45. The van der Waals surface area contributed by atoms with Crippen LogP contribution in [0.5, 0.6) is 0 Å². The molecule has 1 amide bonds. The van der Waals surface area contributed by atoms with Gasteiger partial charge in [0.1, 0.15) is 5.69 Å². The van der Waals surface area contributed by atoms with Gasteiger partial charge in [0.05, 0.1) is 5.75 Å². The minimum absolute atomic E-state index is 0.0888. The fourth-order valence-corrected chi connectivity index (χ4v) is 4.16. The number of carbonyl (C=O) groups is 1. The summed E-state index contributed by atoms with van der Waals surface area (Å²) in [5.74, 6) is 1.28. The highest BCUT2D eigenvalue weighted by molar-refractivity contribution is 7.99. The van der Waals surface area contributed by atoms with Gasteiger partial charge in [-0.15, -0.1) is 10.2 Å². The van der Waals surface area contributed by atoms with Crippen molar-refractivity contribution in [1.82, 2.24) is 19.7 Å². The van der Waals surface area contributed by atoms with E-state index in [1.807, 2.05) is 66.1 Å². The van der Waals surface area contributed by atoms with E-state index in [0.717, 1.165) is 23.5 Å². The lowest BCUT2D eigenvalue weighted by Crippen LogP contribution is -2.14. The molecule has 4 rings (SSSR count). The third kappa shape index (κ3) is 5.49. The second-order valence-corrected chi connectivity index (χ2v) is 8.90. The zero-order valence-electron chi connectivity index (χ0n) is 19.0. The Morgan fingerprint density at radius 2 is 1.79 bits per heavy atom. The van der Waals surface area contributed by atoms with Crippen molar-refractivity contribution < 1.29 is 4.79 Å². The first-order valence-electron chi connectivity index (χ1n) is 11.0. The van der Waals surface area contributed by atoms with Crippen LogP contribution in [-0.4, -0.2) is 31.4 Å². The van der Waals surface area contributed by atoms with Crippen molar-refractivity contribution in [2.75, 3.05) is 11.1 Å². The third-order valence-corrected chi connectivity index (χ3v) is 6.46. The molecule has 4 aromatic rings. The van der Waals surface area contributed by atoms with Crippen LogP contribution in [0, 0.1) is 6.92 Å². The number of anilines is 1. The van der Waals surface area contributed by atoms with E-state index in [9.17, 15) is 4.79 Å². The van der Waals surface area contributed by atoms with E-state index in [-0.39, 0.29) is 11.7 Å². The molecule has 0 fully saturated rings. The second kappa shape index (κ2) is 10.4. The molecule has 1 atom stereocenters. The molecule has 6 nitrogen and oxygen atoms in total. The molecule has 7 heteroatoms. The molecule has 1 unspecified atom stereocenters. The number of pyridine rings is 1. The number of nitrogens with zero attached hydrogens (tertiary/aromatic N) is 4. The summed E-state index contributed by atoms with van der Waals surface area (Å²) in [7, 11) is 0.